The predicted octanol–water partition coefficient (Wildman–Crippen LogP) is 4.42. The SMILES string of the molecule is Cc1ccc(C(N)CC2CCCCCC2)s1. The van der Waals surface area contributed by atoms with Crippen LogP contribution in [0.3, 0.4) is 0 Å². The molecule has 0 aliphatic heterocycles. The summed E-state index contributed by atoms with van der Waals surface area (Å²) in [6, 6.07) is 4.68. The predicted molar refractivity (Wildman–Crippen MR) is 71.8 cm³/mol. The Bertz CT molecular complexity index is 310. The highest BCUT2D eigenvalue weighted by Gasteiger charge is 2.17. The van der Waals surface area contributed by atoms with Gasteiger partial charge in [0.05, 0.1) is 0 Å². The molecule has 1 aromatic rings. The van der Waals surface area contributed by atoms with Crippen LogP contribution in [0.5, 0.6) is 0 Å². The molecule has 0 radical (unpaired) electrons. The van der Waals surface area contributed by atoms with Crippen LogP contribution >= 0.6 is 11.3 Å². The zero-order valence-corrected chi connectivity index (χ0v) is 11.1. The quantitative estimate of drug-likeness (QED) is 0.774. The summed E-state index contributed by atoms with van der Waals surface area (Å²) in [4.78, 5) is 2.76. The normalized spacial score (nSPS) is 20.6. The van der Waals surface area contributed by atoms with Gasteiger partial charge in [0.25, 0.3) is 0 Å². The third-order valence-corrected chi connectivity index (χ3v) is 4.82. The first-order chi connectivity index (χ1) is 7.75. The average Bonchev–Trinajstić information content (AvgIpc) is 2.54. The van der Waals surface area contributed by atoms with Gasteiger partial charge in [-0.3, -0.25) is 0 Å². The summed E-state index contributed by atoms with van der Waals surface area (Å²) in [6.07, 6.45) is 9.70. The molecule has 0 amide bonds. The number of rotatable bonds is 3. The van der Waals surface area contributed by atoms with Crippen molar-refractivity contribution in [1.29, 1.82) is 0 Å². The Hall–Kier alpha value is -0.340. The molecule has 1 nitrogen and oxygen atoms in total. The molecular formula is C14H23NS. The van der Waals surface area contributed by atoms with Gasteiger partial charge < -0.3 is 5.73 Å². The summed E-state index contributed by atoms with van der Waals surface area (Å²) in [6.45, 7) is 2.16. The molecule has 1 aliphatic carbocycles. The summed E-state index contributed by atoms with van der Waals surface area (Å²) >= 11 is 1.86. The topological polar surface area (TPSA) is 26.0 Å². The number of hydrogen-bond donors (Lipinski definition) is 1. The summed E-state index contributed by atoms with van der Waals surface area (Å²) in [7, 11) is 0. The third-order valence-electron chi connectivity index (χ3n) is 3.69. The number of aryl methyl sites for hydroxylation is 1. The van der Waals surface area contributed by atoms with Gasteiger partial charge in [-0.15, -0.1) is 11.3 Å². The van der Waals surface area contributed by atoms with Gasteiger partial charge in [0.2, 0.25) is 0 Å². The minimum Gasteiger partial charge on any atom is -0.323 e. The summed E-state index contributed by atoms with van der Waals surface area (Å²) in [5.41, 5.74) is 6.30. The maximum absolute atomic E-state index is 6.30. The fourth-order valence-corrected chi connectivity index (χ4v) is 3.62. The lowest BCUT2D eigenvalue weighted by atomic mass is 9.92. The molecule has 1 saturated carbocycles. The average molecular weight is 237 g/mol. The van der Waals surface area contributed by atoms with Gasteiger partial charge in [-0.2, -0.15) is 0 Å². The molecule has 0 aromatic carbocycles. The second-order valence-electron chi connectivity index (χ2n) is 5.15. The standard InChI is InChI=1S/C14H23NS/c1-11-8-9-14(16-11)13(15)10-12-6-4-2-3-5-7-12/h8-9,12-13H,2-7,10,15H2,1H3. The van der Waals surface area contributed by atoms with Gasteiger partial charge in [-0.25, -0.2) is 0 Å². The summed E-state index contributed by atoms with van der Waals surface area (Å²) in [5, 5.41) is 0. The molecule has 2 heteroatoms. The molecule has 90 valence electrons. The zero-order valence-electron chi connectivity index (χ0n) is 10.2. The molecule has 1 atom stereocenters. The van der Waals surface area contributed by atoms with Gasteiger partial charge in [-0.1, -0.05) is 38.5 Å². The van der Waals surface area contributed by atoms with Crippen molar-refractivity contribution < 1.29 is 0 Å². The zero-order chi connectivity index (χ0) is 11.4. The van der Waals surface area contributed by atoms with Crippen molar-refractivity contribution in [2.24, 2.45) is 11.7 Å². The molecule has 0 spiro atoms. The minimum atomic E-state index is 0.279. The van der Waals surface area contributed by atoms with Crippen molar-refractivity contribution in [3.05, 3.63) is 21.9 Å². The Morgan fingerprint density at radius 1 is 1.25 bits per heavy atom. The van der Waals surface area contributed by atoms with Gasteiger partial charge >= 0.3 is 0 Å². The molecule has 1 heterocycles. The minimum absolute atomic E-state index is 0.279. The highest BCUT2D eigenvalue weighted by Crippen LogP contribution is 2.32. The molecule has 1 fully saturated rings. The van der Waals surface area contributed by atoms with Gasteiger partial charge in [0.15, 0.2) is 0 Å². The van der Waals surface area contributed by atoms with Crippen LogP contribution in [-0.2, 0) is 0 Å². The Kier molecular flexibility index (Phi) is 4.42. The van der Waals surface area contributed by atoms with E-state index in [-0.39, 0.29) is 6.04 Å². The number of hydrogen-bond acceptors (Lipinski definition) is 2. The van der Waals surface area contributed by atoms with E-state index in [0.29, 0.717) is 0 Å². The van der Waals surface area contributed by atoms with Crippen LogP contribution in [0.1, 0.15) is 60.7 Å². The Morgan fingerprint density at radius 3 is 2.50 bits per heavy atom. The Balaban J connectivity index is 1.88. The molecule has 2 N–H and O–H groups in total. The molecule has 1 aromatic heterocycles. The molecular weight excluding hydrogens is 214 g/mol. The second kappa shape index (κ2) is 5.83. The largest absolute Gasteiger partial charge is 0.323 e. The van der Waals surface area contributed by atoms with Crippen LogP contribution in [0, 0.1) is 12.8 Å². The van der Waals surface area contributed by atoms with Crippen LogP contribution in [0.25, 0.3) is 0 Å². The molecule has 1 aliphatic rings. The highest BCUT2D eigenvalue weighted by molar-refractivity contribution is 7.12. The highest BCUT2D eigenvalue weighted by atomic mass is 32.1. The van der Waals surface area contributed by atoms with Crippen molar-refractivity contribution in [1.82, 2.24) is 0 Å². The Morgan fingerprint density at radius 2 is 1.94 bits per heavy atom. The molecule has 1 unspecified atom stereocenters. The van der Waals surface area contributed by atoms with Crippen LogP contribution in [-0.4, -0.2) is 0 Å². The van der Waals surface area contributed by atoms with E-state index in [2.05, 4.69) is 19.1 Å². The van der Waals surface area contributed by atoms with Gasteiger partial charge in [-0.05, 0) is 31.4 Å². The van der Waals surface area contributed by atoms with E-state index in [9.17, 15) is 0 Å². The first-order valence-electron chi connectivity index (χ1n) is 6.57. The van der Waals surface area contributed by atoms with Crippen LogP contribution in [0.4, 0.5) is 0 Å². The monoisotopic (exact) mass is 237 g/mol. The number of nitrogens with two attached hydrogens (primary N) is 1. The van der Waals surface area contributed by atoms with E-state index in [4.69, 9.17) is 5.73 Å². The van der Waals surface area contributed by atoms with E-state index >= 15 is 0 Å². The Labute approximate surface area is 103 Å². The van der Waals surface area contributed by atoms with Crippen LogP contribution in [0.15, 0.2) is 12.1 Å². The lowest BCUT2D eigenvalue weighted by Crippen LogP contribution is -2.14. The van der Waals surface area contributed by atoms with Gasteiger partial charge in [0, 0.05) is 15.8 Å². The van der Waals surface area contributed by atoms with E-state index in [1.807, 2.05) is 11.3 Å². The summed E-state index contributed by atoms with van der Waals surface area (Å²) < 4.78 is 0. The third kappa shape index (κ3) is 3.33. The maximum Gasteiger partial charge on any atom is 0.0392 e. The van der Waals surface area contributed by atoms with Crippen LogP contribution in [0.2, 0.25) is 0 Å². The first-order valence-corrected chi connectivity index (χ1v) is 7.39. The van der Waals surface area contributed by atoms with Gasteiger partial charge in [0.1, 0.15) is 0 Å². The van der Waals surface area contributed by atoms with E-state index in [1.54, 1.807) is 0 Å². The van der Waals surface area contributed by atoms with Crippen molar-refractivity contribution >= 4 is 11.3 Å². The van der Waals surface area contributed by atoms with E-state index in [0.717, 1.165) is 5.92 Å². The molecule has 0 saturated heterocycles. The molecule has 0 bridgehead atoms. The summed E-state index contributed by atoms with van der Waals surface area (Å²) in [5.74, 6) is 0.875. The van der Waals surface area contributed by atoms with Crippen molar-refractivity contribution in [3.8, 4) is 0 Å². The second-order valence-corrected chi connectivity index (χ2v) is 6.47. The number of thiophene rings is 1. The smallest absolute Gasteiger partial charge is 0.0392 e. The molecule has 16 heavy (non-hydrogen) atoms. The maximum atomic E-state index is 6.30. The fraction of sp³-hybridized carbons (Fsp3) is 0.714. The lowest BCUT2D eigenvalue weighted by molar-refractivity contribution is 0.395. The van der Waals surface area contributed by atoms with Crippen molar-refractivity contribution in [2.45, 2.75) is 57.9 Å². The van der Waals surface area contributed by atoms with Crippen molar-refractivity contribution in [3.63, 3.8) is 0 Å². The van der Waals surface area contributed by atoms with Crippen molar-refractivity contribution in [2.75, 3.05) is 0 Å². The van der Waals surface area contributed by atoms with E-state index in [1.165, 1.54) is 54.7 Å². The van der Waals surface area contributed by atoms with E-state index < -0.39 is 0 Å². The fourth-order valence-electron chi connectivity index (χ4n) is 2.73. The lowest BCUT2D eigenvalue weighted by Gasteiger charge is -2.18. The van der Waals surface area contributed by atoms with Crippen LogP contribution < -0.4 is 5.73 Å². The molecule has 2 rings (SSSR count). The first kappa shape index (κ1) is 12.1.